The summed E-state index contributed by atoms with van der Waals surface area (Å²) in [6.45, 7) is 1.30. The topological polar surface area (TPSA) is 125 Å². The first kappa shape index (κ1) is 22.0. The number of ether oxygens (including phenoxy) is 2. The van der Waals surface area contributed by atoms with Gasteiger partial charge in [0.1, 0.15) is 17.7 Å². The highest BCUT2D eigenvalue weighted by Crippen LogP contribution is 2.20. The number of nitrogens with two attached hydrogens (primary N) is 1. The van der Waals surface area contributed by atoms with Crippen molar-refractivity contribution in [2.24, 2.45) is 17.6 Å². The molecule has 10 heteroatoms. The minimum atomic E-state index is -1.54. The lowest BCUT2D eigenvalue weighted by atomic mass is 9.86. The Morgan fingerprint density at radius 1 is 1.07 bits per heavy atom. The lowest BCUT2D eigenvalue weighted by Crippen LogP contribution is -2.53. The van der Waals surface area contributed by atoms with Crippen LogP contribution in [0.25, 0.3) is 0 Å². The Kier molecular flexibility index (Phi) is 7.82. The van der Waals surface area contributed by atoms with Gasteiger partial charge in [0.15, 0.2) is 5.92 Å². The normalized spacial score (nSPS) is 12.8. The number of benzene rings is 1. The second-order valence-corrected chi connectivity index (χ2v) is 5.71. The lowest BCUT2D eigenvalue weighted by Gasteiger charge is -2.26. The Morgan fingerprint density at radius 2 is 1.56 bits per heavy atom. The Labute approximate surface area is 154 Å². The van der Waals surface area contributed by atoms with Crippen molar-refractivity contribution < 1.29 is 37.4 Å². The molecule has 0 aromatic heterocycles. The standard InChI is InChI=1S/C17H20F2N2O6/c1-8(13(16(24)26-2)17(25)27-3)14(15(20)23)21-12(22)7-9-10(18)5-4-6-11(9)19/h4-6,8,13-14H,7H2,1-3H3,(H2,20,23)(H,21,22)/t8-,14-/m0/s1. The molecule has 0 aliphatic carbocycles. The number of hydrogen-bond acceptors (Lipinski definition) is 6. The van der Waals surface area contributed by atoms with Crippen molar-refractivity contribution in [3.05, 3.63) is 35.4 Å². The molecule has 0 heterocycles. The van der Waals surface area contributed by atoms with Crippen LogP contribution in [-0.4, -0.2) is 44.0 Å². The largest absolute Gasteiger partial charge is 0.468 e. The van der Waals surface area contributed by atoms with Crippen LogP contribution >= 0.6 is 0 Å². The number of carbonyl (C=O) groups excluding carboxylic acids is 4. The minimum Gasteiger partial charge on any atom is -0.468 e. The molecule has 0 spiro atoms. The SMILES string of the molecule is COC(=O)C(C(=O)OC)[C@H](C)[C@H](NC(=O)Cc1c(F)cccc1F)C(N)=O. The molecular formula is C17H20F2N2O6. The summed E-state index contributed by atoms with van der Waals surface area (Å²) < 4.78 is 36.4. The van der Waals surface area contributed by atoms with E-state index in [9.17, 15) is 28.0 Å². The summed E-state index contributed by atoms with van der Waals surface area (Å²) >= 11 is 0. The van der Waals surface area contributed by atoms with Crippen LogP contribution in [-0.2, 0) is 35.1 Å². The van der Waals surface area contributed by atoms with Crippen molar-refractivity contribution in [3.63, 3.8) is 0 Å². The van der Waals surface area contributed by atoms with E-state index in [1.807, 2.05) is 0 Å². The number of methoxy groups -OCH3 is 2. The van der Waals surface area contributed by atoms with Gasteiger partial charge in [0, 0.05) is 11.5 Å². The van der Waals surface area contributed by atoms with Gasteiger partial charge in [0.2, 0.25) is 11.8 Å². The molecule has 1 aromatic carbocycles. The van der Waals surface area contributed by atoms with Gasteiger partial charge < -0.3 is 20.5 Å². The molecule has 8 nitrogen and oxygen atoms in total. The molecule has 0 bridgehead atoms. The van der Waals surface area contributed by atoms with E-state index in [1.54, 1.807) is 0 Å². The molecule has 0 saturated heterocycles. The summed E-state index contributed by atoms with van der Waals surface area (Å²) in [5.74, 6) is -8.51. The molecule has 3 N–H and O–H groups in total. The van der Waals surface area contributed by atoms with Crippen LogP contribution in [0.3, 0.4) is 0 Å². The lowest BCUT2D eigenvalue weighted by molar-refractivity contribution is -0.162. The first-order valence-electron chi connectivity index (χ1n) is 7.81. The van der Waals surface area contributed by atoms with E-state index in [0.717, 1.165) is 32.4 Å². The first-order valence-corrected chi connectivity index (χ1v) is 7.81. The van der Waals surface area contributed by atoms with Crippen molar-refractivity contribution >= 4 is 23.8 Å². The van der Waals surface area contributed by atoms with E-state index < -0.39 is 65.2 Å². The Balaban J connectivity index is 3.03. The van der Waals surface area contributed by atoms with Gasteiger partial charge in [0.05, 0.1) is 20.6 Å². The minimum absolute atomic E-state index is 0.497. The first-order chi connectivity index (χ1) is 12.6. The van der Waals surface area contributed by atoms with E-state index in [4.69, 9.17) is 5.73 Å². The van der Waals surface area contributed by atoms with Gasteiger partial charge in [-0.05, 0) is 12.1 Å². The summed E-state index contributed by atoms with van der Waals surface area (Å²) in [6.07, 6.45) is -0.712. The fourth-order valence-corrected chi connectivity index (χ4v) is 2.52. The predicted octanol–water partition coefficient (Wildman–Crippen LogP) is 0.0757. The van der Waals surface area contributed by atoms with Gasteiger partial charge in [-0.3, -0.25) is 19.2 Å². The summed E-state index contributed by atoms with van der Waals surface area (Å²) in [6, 6.07) is 1.60. The Bertz CT molecular complexity index is 704. The van der Waals surface area contributed by atoms with Gasteiger partial charge in [0.25, 0.3) is 0 Å². The summed E-state index contributed by atoms with van der Waals surface area (Å²) in [5.41, 5.74) is 4.76. The van der Waals surface area contributed by atoms with Crippen LogP contribution in [0.2, 0.25) is 0 Å². The maximum Gasteiger partial charge on any atom is 0.320 e. The number of rotatable bonds is 8. The molecule has 0 unspecified atom stereocenters. The third-order valence-corrected chi connectivity index (χ3v) is 3.98. The van der Waals surface area contributed by atoms with E-state index in [0.29, 0.717) is 0 Å². The number of carbonyl (C=O) groups is 4. The maximum atomic E-state index is 13.7. The molecule has 148 valence electrons. The van der Waals surface area contributed by atoms with Crippen LogP contribution in [0, 0.1) is 23.5 Å². The second-order valence-electron chi connectivity index (χ2n) is 5.71. The van der Waals surface area contributed by atoms with Gasteiger partial charge >= 0.3 is 11.9 Å². The van der Waals surface area contributed by atoms with E-state index in [-0.39, 0.29) is 0 Å². The zero-order valence-electron chi connectivity index (χ0n) is 15.0. The van der Waals surface area contributed by atoms with E-state index in [2.05, 4.69) is 14.8 Å². The van der Waals surface area contributed by atoms with Crippen molar-refractivity contribution in [3.8, 4) is 0 Å². The molecule has 0 fully saturated rings. The van der Waals surface area contributed by atoms with Gasteiger partial charge in [-0.2, -0.15) is 0 Å². The number of amides is 2. The molecular weight excluding hydrogens is 366 g/mol. The fourth-order valence-electron chi connectivity index (χ4n) is 2.52. The number of primary amides is 1. The second kappa shape index (κ2) is 9.60. The highest BCUT2D eigenvalue weighted by atomic mass is 19.1. The summed E-state index contributed by atoms with van der Waals surface area (Å²) in [7, 11) is 2.06. The molecule has 0 aliphatic rings. The van der Waals surface area contributed by atoms with Crippen molar-refractivity contribution in [2.75, 3.05) is 14.2 Å². The number of halogens is 2. The molecule has 1 aromatic rings. The molecule has 2 atom stereocenters. The molecule has 2 amide bonds. The van der Waals surface area contributed by atoms with E-state index >= 15 is 0 Å². The zero-order chi connectivity index (χ0) is 20.7. The quantitative estimate of drug-likeness (QED) is 0.481. The monoisotopic (exact) mass is 386 g/mol. The number of nitrogens with one attached hydrogen (secondary N) is 1. The van der Waals surface area contributed by atoms with Crippen molar-refractivity contribution in [1.82, 2.24) is 5.32 Å². The predicted molar refractivity (Wildman–Crippen MR) is 87.9 cm³/mol. The molecule has 0 aliphatic heterocycles. The van der Waals surface area contributed by atoms with Crippen LogP contribution in [0.4, 0.5) is 8.78 Å². The summed E-state index contributed by atoms with van der Waals surface area (Å²) in [4.78, 5) is 47.6. The highest BCUT2D eigenvalue weighted by molar-refractivity contribution is 5.97. The highest BCUT2D eigenvalue weighted by Gasteiger charge is 2.41. The molecule has 0 radical (unpaired) electrons. The van der Waals surface area contributed by atoms with Crippen LogP contribution in [0.1, 0.15) is 12.5 Å². The van der Waals surface area contributed by atoms with Crippen LogP contribution < -0.4 is 11.1 Å². The van der Waals surface area contributed by atoms with Gasteiger partial charge in [-0.25, -0.2) is 8.78 Å². The fraction of sp³-hybridized carbons (Fsp3) is 0.412. The Morgan fingerprint density at radius 3 is 1.96 bits per heavy atom. The van der Waals surface area contributed by atoms with E-state index in [1.165, 1.54) is 6.92 Å². The third kappa shape index (κ3) is 5.47. The number of esters is 2. The zero-order valence-corrected chi connectivity index (χ0v) is 15.0. The van der Waals surface area contributed by atoms with Crippen molar-refractivity contribution in [2.45, 2.75) is 19.4 Å². The maximum absolute atomic E-state index is 13.7. The van der Waals surface area contributed by atoms with Gasteiger partial charge in [-0.15, -0.1) is 0 Å². The third-order valence-electron chi connectivity index (χ3n) is 3.98. The average molecular weight is 386 g/mol. The van der Waals surface area contributed by atoms with Crippen LogP contribution in [0.15, 0.2) is 18.2 Å². The van der Waals surface area contributed by atoms with Crippen LogP contribution in [0.5, 0.6) is 0 Å². The Hall–Kier alpha value is -3.04. The summed E-state index contributed by atoms with van der Waals surface area (Å²) in [5, 5.41) is 2.20. The number of hydrogen-bond donors (Lipinski definition) is 2. The van der Waals surface area contributed by atoms with Crippen molar-refractivity contribution in [1.29, 1.82) is 0 Å². The molecule has 27 heavy (non-hydrogen) atoms. The molecule has 1 rings (SSSR count). The van der Waals surface area contributed by atoms with Gasteiger partial charge in [-0.1, -0.05) is 13.0 Å². The smallest absolute Gasteiger partial charge is 0.320 e. The average Bonchev–Trinajstić information content (AvgIpc) is 2.62. The molecule has 0 saturated carbocycles.